The molecule has 0 saturated heterocycles. The van der Waals surface area contributed by atoms with Gasteiger partial charge in [0, 0.05) is 13.6 Å². The molecular formula is C9H14N4O4. The highest BCUT2D eigenvalue weighted by molar-refractivity contribution is 5.74. The molecule has 0 aliphatic heterocycles. The number of nitrogens with zero attached hydrogens (tertiary/aromatic N) is 3. The monoisotopic (exact) mass is 242 g/mol. The van der Waals surface area contributed by atoms with Crippen LogP contribution in [0.3, 0.4) is 0 Å². The van der Waals surface area contributed by atoms with E-state index >= 15 is 0 Å². The van der Waals surface area contributed by atoms with Crippen molar-refractivity contribution < 1.29 is 14.8 Å². The minimum absolute atomic E-state index is 0.0557. The van der Waals surface area contributed by atoms with E-state index in [-0.39, 0.29) is 18.1 Å². The van der Waals surface area contributed by atoms with Crippen LogP contribution < -0.4 is 5.32 Å². The van der Waals surface area contributed by atoms with Crippen LogP contribution in [0, 0.1) is 15.5 Å². The Morgan fingerprint density at radius 2 is 2.29 bits per heavy atom. The molecule has 17 heavy (non-hydrogen) atoms. The van der Waals surface area contributed by atoms with Gasteiger partial charge in [-0.3, -0.25) is 19.6 Å². The molecule has 0 aromatic carbocycles. The number of carbonyl (C=O) groups is 1. The Hall–Kier alpha value is -2.12. The zero-order valence-corrected chi connectivity index (χ0v) is 9.80. The zero-order chi connectivity index (χ0) is 13.2. The molecule has 94 valence electrons. The van der Waals surface area contributed by atoms with Gasteiger partial charge in [-0.25, -0.2) is 0 Å². The maximum absolute atomic E-state index is 10.9. The zero-order valence-electron chi connectivity index (χ0n) is 9.80. The van der Waals surface area contributed by atoms with Crippen molar-refractivity contribution in [1.82, 2.24) is 9.78 Å². The fourth-order valence-electron chi connectivity index (χ4n) is 1.12. The van der Waals surface area contributed by atoms with Crippen LogP contribution in [0.25, 0.3) is 0 Å². The third-order valence-corrected chi connectivity index (χ3v) is 2.28. The predicted molar refractivity (Wildman–Crippen MR) is 59.8 cm³/mol. The van der Waals surface area contributed by atoms with Gasteiger partial charge in [-0.2, -0.15) is 0 Å². The molecule has 0 bridgehead atoms. The van der Waals surface area contributed by atoms with Crippen molar-refractivity contribution in [1.29, 1.82) is 0 Å². The average Bonchev–Trinajstić information content (AvgIpc) is 2.56. The molecule has 0 amide bonds. The van der Waals surface area contributed by atoms with Crippen molar-refractivity contribution in [2.24, 2.45) is 12.5 Å². The van der Waals surface area contributed by atoms with E-state index in [9.17, 15) is 14.9 Å². The number of nitro groups is 1. The number of hydrogen-bond donors (Lipinski definition) is 2. The van der Waals surface area contributed by atoms with Gasteiger partial charge in [0.05, 0.1) is 10.3 Å². The molecule has 0 aliphatic rings. The average molecular weight is 242 g/mol. The minimum atomic E-state index is -1.02. The number of aryl methyl sites for hydroxylation is 1. The Labute approximate surface area is 97.4 Å². The first-order chi connectivity index (χ1) is 7.74. The van der Waals surface area contributed by atoms with Crippen LogP contribution in [0.2, 0.25) is 0 Å². The number of aliphatic carboxylic acids is 1. The van der Waals surface area contributed by atoms with E-state index in [2.05, 4.69) is 10.4 Å². The number of carboxylic acid groups (broad SMARTS) is 1. The molecule has 2 N–H and O–H groups in total. The van der Waals surface area contributed by atoms with Crippen LogP contribution in [-0.2, 0) is 11.8 Å². The van der Waals surface area contributed by atoms with Crippen LogP contribution in [-0.4, -0.2) is 32.3 Å². The second kappa shape index (κ2) is 4.40. The molecule has 0 aliphatic carbocycles. The molecule has 0 unspecified atom stereocenters. The van der Waals surface area contributed by atoms with E-state index in [1.807, 2.05) is 0 Å². The molecule has 8 nitrogen and oxygen atoms in total. The summed E-state index contributed by atoms with van der Waals surface area (Å²) in [6, 6.07) is 0. The van der Waals surface area contributed by atoms with Gasteiger partial charge in [0.1, 0.15) is 6.20 Å². The van der Waals surface area contributed by atoms with Crippen LogP contribution >= 0.6 is 0 Å². The largest absolute Gasteiger partial charge is 0.481 e. The van der Waals surface area contributed by atoms with Gasteiger partial charge in [0.25, 0.3) is 0 Å². The molecule has 8 heteroatoms. The van der Waals surface area contributed by atoms with Gasteiger partial charge >= 0.3 is 11.7 Å². The lowest BCUT2D eigenvalue weighted by Crippen LogP contribution is -2.32. The highest BCUT2D eigenvalue weighted by Gasteiger charge is 2.28. The van der Waals surface area contributed by atoms with Gasteiger partial charge in [0.2, 0.25) is 5.82 Å². The maximum Gasteiger partial charge on any atom is 0.330 e. The lowest BCUT2D eigenvalue weighted by molar-refractivity contribution is -0.384. The Kier molecular flexibility index (Phi) is 3.35. The van der Waals surface area contributed by atoms with Crippen LogP contribution in [0.4, 0.5) is 11.5 Å². The molecule has 1 rings (SSSR count). The van der Waals surface area contributed by atoms with E-state index in [1.54, 1.807) is 7.05 Å². The molecule has 0 spiro atoms. The summed E-state index contributed by atoms with van der Waals surface area (Å²) in [6.07, 6.45) is 1.26. The van der Waals surface area contributed by atoms with Crippen molar-refractivity contribution in [3.63, 3.8) is 0 Å². The molecule has 1 aromatic rings. The molecular weight excluding hydrogens is 228 g/mol. The minimum Gasteiger partial charge on any atom is -0.481 e. The third-order valence-electron chi connectivity index (χ3n) is 2.28. The molecule has 1 aromatic heterocycles. The van der Waals surface area contributed by atoms with E-state index in [4.69, 9.17) is 5.11 Å². The molecule has 0 atom stereocenters. The Balaban J connectivity index is 2.83. The summed E-state index contributed by atoms with van der Waals surface area (Å²) >= 11 is 0. The highest BCUT2D eigenvalue weighted by atomic mass is 16.6. The van der Waals surface area contributed by atoms with Crippen molar-refractivity contribution in [2.75, 3.05) is 11.9 Å². The summed E-state index contributed by atoms with van der Waals surface area (Å²) in [4.78, 5) is 21.0. The lowest BCUT2D eigenvalue weighted by atomic mass is 9.94. The van der Waals surface area contributed by atoms with E-state index < -0.39 is 16.3 Å². The van der Waals surface area contributed by atoms with Crippen LogP contribution in [0.1, 0.15) is 13.8 Å². The summed E-state index contributed by atoms with van der Waals surface area (Å²) in [5.41, 5.74) is -1.19. The highest BCUT2D eigenvalue weighted by Crippen LogP contribution is 2.23. The normalized spacial score (nSPS) is 11.2. The van der Waals surface area contributed by atoms with Gasteiger partial charge in [-0.05, 0) is 13.8 Å². The van der Waals surface area contributed by atoms with Gasteiger partial charge in [-0.15, -0.1) is 5.10 Å². The molecule has 0 fully saturated rings. The second-order valence-electron chi connectivity index (χ2n) is 4.34. The summed E-state index contributed by atoms with van der Waals surface area (Å²) in [5, 5.41) is 26.1. The first-order valence-corrected chi connectivity index (χ1v) is 4.89. The molecule has 0 radical (unpaired) electrons. The first kappa shape index (κ1) is 12.9. The molecule has 1 heterocycles. The number of nitrogens with one attached hydrogen (secondary N) is 1. The van der Waals surface area contributed by atoms with Crippen molar-refractivity contribution in [2.45, 2.75) is 13.8 Å². The summed E-state index contributed by atoms with van der Waals surface area (Å²) in [6.45, 7) is 3.11. The Bertz CT molecular complexity index is 452. The second-order valence-corrected chi connectivity index (χ2v) is 4.34. The fourth-order valence-corrected chi connectivity index (χ4v) is 1.12. The Morgan fingerprint density at radius 1 is 1.71 bits per heavy atom. The summed E-state index contributed by atoms with van der Waals surface area (Å²) in [7, 11) is 1.56. The van der Waals surface area contributed by atoms with Crippen molar-refractivity contribution in [3.05, 3.63) is 16.3 Å². The van der Waals surface area contributed by atoms with Crippen LogP contribution in [0.5, 0.6) is 0 Å². The van der Waals surface area contributed by atoms with E-state index in [0.717, 1.165) is 0 Å². The summed E-state index contributed by atoms with van der Waals surface area (Å²) in [5.74, 6) is -0.907. The smallest absolute Gasteiger partial charge is 0.330 e. The summed E-state index contributed by atoms with van der Waals surface area (Å²) < 4.78 is 1.30. The topological polar surface area (TPSA) is 110 Å². The van der Waals surface area contributed by atoms with E-state index in [1.165, 1.54) is 24.7 Å². The van der Waals surface area contributed by atoms with E-state index in [0.29, 0.717) is 0 Å². The Morgan fingerprint density at radius 3 is 2.76 bits per heavy atom. The SMILES string of the molecule is Cn1cc([N+](=O)[O-])c(NCC(C)(C)C(=O)O)n1. The van der Waals surface area contributed by atoms with Crippen molar-refractivity contribution in [3.8, 4) is 0 Å². The van der Waals surface area contributed by atoms with Gasteiger partial charge in [-0.1, -0.05) is 0 Å². The fraction of sp³-hybridized carbons (Fsp3) is 0.556. The lowest BCUT2D eigenvalue weighted by Gasteiger charge is -2.18. The molecule has 0 saturated carbocycles. The quantitative estimate of drug-likeness (QED) is 0.585. The number of carboxylic acids is 1. The van der Waals surface area contributed by atoms with Crippen LogP contribution in [0.15, 0.2) is 6.20 Å². The number of hydrogen-bond acceptors (Lipinski definition) is 5. The number of rotatable bonds is 5. The predicted octanol–water partition coefficient (Wildman–Crippen LogP) is 0.851. The van der Waals surface area contributed by atoms with Crippen molar-refractivity contribution >= 4 is 17.5 Å². The first-order valence-electron chi connectivity index (χ1n) is 4.89. The number of anilines is 1. The number of aromatic nitrogens is 2. The maximum atomic E-state index is 10.9. The van der Waals surface area contributed by atoms with Gasteiger partial charge < -0.3 is 10.4 Å². The standard InChI is InChI=1S/C9H14N4O4/c1-9(2,8(14)15)5-10-7-6(13(16)17)4-12(3)11-7/h4H,5H2,1-3H3,(H,10,11)(H,14,15). The van der Waals surface area contributed by atoms with Gasteiger partial charge in [0.15, 0.2) is 0 Å². The third kappa shape index (κ3) is 2.92.